The van der Waals surface area contributed by atoms with Gasteiger partial charge in [-0.25, -0.2) is 8.42 Å². The summed E-state index contributed by atoms with van der Waals surface area (Å²) in [7, 11) is -2.55. The Balaban J connectivity index is 1.40. The summed E-state index contributed by atoms with van der Waals surface area (Å²) in [5.41, 5.74) is 5.73. The van der Waals surface area contributed by atoms with Crippen molar-refractivity contribution in [2.75, 3.05) is 11.4 Å². The van der Waals surface area contributed by atoms with Crippen molar-refractivity contribution in [3.05, 3.63) is 125 Å². The van der Waals surface area contributed by atoms with Crippen molar-refractivity contribution < 1.29 is 17.9 Å². The smallest absolute Gasteiger partial charge is 0.265 e. The largest absolute Gasteiger partial charge is 0.496 e. The molecule has 0 radical (unpaired) electrons. The molecule has 6 nitrogen and oxygen atoms in total. The lowest BCUT2D eigenvalue weighted by molar-refractivity contribution is -0.123. The van der Waals surface area contributed by atoms with Crippen LogP contribution in [-0.2, 0) is 34.1 Å². The summed E-state index contributed by atoms with van der Waals surface area (Å²) < 4.78 is 35.7. The van der Waals surface area contributed by atoms with E-state index < -0.39 is 16.1 Å². The van der Waals surface area contributed by atoms with Gasteiger partial charge in [-0.1, -0.05) is 78.9 Å². The van der Waals surface area contributed by atoms with Gasteiger partial charge in [0, 0.05) is 12.1 Å². The zero-order chi connectivity index (χ0) is 31.8. The van der Waals surface area contributed by atoms with Gasteiger partial charge in [-0.2, -0.15) is 0 Å². The Hall–Kier alpha value is -4.10. The molecule has 1 aliphatic heterocycles. The van der Waals surface area contributed by atoms with Gasteiger partial charge >= 0.3 is 0 Å². The molecule has 1 N–H and O–H groups in total. The molecular formula is C38H44N2O4S. The molecule has 0 bridgehead atoms. The Kier molecular flexibility index (Phi) is 10.6. The number of para-hydroxylation sites is 1. The molecule has 1 atom stereocenters. The highest BCUT2D eigenvalue weighted by Crippen LogP contribution is 2.37. The Morgan fingerprint density at radius 1 is 0.867 bits per heavy atom. The third-order valence-electron chi connectivity index (χ3n) is 8.94. The van der Waals surface area contributed by atoms with Crippen LogP contribution in [0.4, 0.5) is 5.69 Å². The number of anilines is 1. The third-order valence-corrected chi connectivity index (χ3v) is 10.7. The van der Waals surface area contributed by atoms with Gasteiger partial charge in [-0.15, -0.1) is 0 Å². The number of aryl methyl sites for hydroxylation is 4. The van der Waals surface area contributed by atoms with E-state index in [1.807, 2.05) is 50.2 Å². The quantitative estimate of drug-likeness (QED) is 0.169. The fraction of sp³-hybridized carbons (Fsp3) is 0.342. The van der Waals surface area contributed by atoms with E-state index in [-0.39, 0.29) is 16.8 Å². The molecular weight excluding hydrogens is 580 g/mol. The van der Waals surface area contributed by atoms with E-state index in [4.69, 9.17) is 4.74 Å². The SMILES string of the molecule is COc1cc(S(=O)(=O)N2c3ccccc3CC[C@H]2C(=O)NC(CCCc2ccccc2)CCCc2ccccc2)cc(C)c1C. The molecule has 0 aromatic heterocycles. The van der Waals surface area contributed by atoms with Gasteiger partial charge in [-0.05, 0) is 105 Å². The number of sulfonamides is 1. The summed E-state index contributed by atoms with van der Waals surface area (Å²) in [4.78, 5) is 14.3. The van der Waals surface area contributed by atoms with E-state index >= 15 is 0 Å². The molecule has 0 spiro atoms. The van der Waals surface area contributed by atoms with Gasteiger partial charge < -0.3 is 10.1 Å². The van der Waals surface area contributed by atoms with E-state index in [0.29, 0.717) is 24.3 Å². The van der Waals surface area contributed by atoms with Gasteiger partial charge in [0.15, 0.2) is 0 Å². The highest BCUT2D eigenvalue weighted by molar-refractivity contribution is 7.93. The highest BCUT2D eigenvalue weighted by Gasteiger charge is 2.40. The summed E-state index contributed by atoms with van der Waals surface area (Å²) in [6.45, 7) is 3.79. The van der Waals surface area contributed by atoms with Crippen molar-refractivity contribution in [1.29, 1.82) is 0 Å². The van der Waals surface area contributed by atoms with Crippen LogP contribution in [0.2, 0.25) is 0 Å². The van der Waals surface area contributed by atoms with E-state index in [0.717, 1.165) is 55.2 Å². The van der Waals surface area contributed by atoms with Crippen molar-refractivity contribution >= 4 is 21.6 Å². The maximum Gasteiger partial charge on any atom is 0.265 e. The number of carbonyl (C=O) groups excluding carboxylic acids is 1. The minimum atomic E-state index is -4.09. The summed E-state index contributed by atoms with van der Waals surface area (Å²) in [5, 5.41) is 3.32. The number of hydrogen-bond donors (Lipinski definition) is 1. The van der Waals surface area contributed by atoms with Gasteiger partial charge in [0.05, 0.1) is 17.7 Å². The number of benzene rings is 4. The average Bonchev–Trinajstić information content (AvgIpc) is 3.06. The predicted octanol–water partition coefficient (Wildman–Crippen LogP) is 7.35. The lowest BCUT2D eigenvalue weighted by atomic mass is 9.96. The van der Waals surface area contributed by atoms with Crippen molar-refractivity contribution in [1.82, 2.24) is 5.32 Å². The fourth-order valence-corrected chi connectivity index (χ4v) is 8.08. The second kappa shape index (κ2) is 14.8. The molecule has 0 saturated heterocycles. The molecule has 5 rings (SSSR count). The molecule has 1 amide bonds. The first-order valence-corrected chi connectivity index (χ1v) is 17.4. The van der Waals surface area contributed by atoms with Crippen LogP contribution >= 0.6 is 0 Å². The predicted molar refractivity (Wildman–Crippen MR) is 181 cm³/mol. The first-order chi connectivity index (χ1) is 21.8. The number of methoxy groups -OCH3 is 1. The lowest BCUT2D eigenvalue weighted by Crippen LogP contribution is -2.54. The van der Waals surface area contributed by atoms with E-state index in [1.54, 1.807) is 19.2 Å². The molecule has 0 aliphatic carbocycles. The van der Waals surface area contributed by atoms with Crippen LogP contribution in [-0.4, -0.2) is 33.5 Å². The van der Waals surface area contributed by atoms with Gasteiger partial charge in [0.1, 0.15) is 11.8 Å². The second-order valence-electron chi connectivity index (χ2n) is 12.0. The zero-order valence-corrected chi connectivity index (χ0v) is 27.4. The summed E-state index contributed by atoms with van der Waals surface area (Å²) in [6.07, 6.45) is 6.39. The van der Waals surface area contributed by atoms with E-state index in [2.05, 4.69) is 53.8 Å². The normalized spacial score (nSPS) is 14.7. The van der Waals surface area contributed by atoms with Crippen molar-refractivity contribution in [3.8, 4) is 5.75 Å². The third kappa shape index (κ3) is 7.77. The Morgan fingerprint density at radius 2 is 1.44 bits per heavy atom. The van der Waals surface area contributed by atoms with Crippen molar-refractivity contribution in [3.63, 3.8) is 0 Å². The number of carbonyl (C=O) groups is 1. The minimum Gasteiger partial charge on any atom is -0.496 e. The Bertz CT molecular complexity index is 1640. The van der Waals surface area contributed by atoms with Crippen molar-refractivity contribution in [2.45, 2.75) is 82.2 Å². The van der Waals surface area contributed by atoms with Crippen LogP contribution in [0.3, 0.4) is 0 Å². The molecule has 7 heteroatoms. The zero-order valence-electron chi connectivity index (χ0n) is 26.5. The minimum absolute atomic E-state index is 0.0617. The fourth-order valence-electron chi connectivity index (χ4n) is 6.30. The van der Waals surface area contributed by atoms with Crippen molar-refractivity contribution in [2.24, 2.45) is 0 Å². The molecule has 45 heavy (non-hydrogen) atoms. The molecule has 4 aromatic rings. The lowest BCUT2D eigenvalue weighted by Gasteiger charge is -2.37. The number of ether oxygens (including phenoxy) is 1. The molecule has 0 saturated carbocycles. The topological polar surface area (TPSA) is 75.7 Å². The number of rotatable bonds is 13. The number of amides is 1. The van der Waals surface area contributed by atoms with E-state index in [9.17, 15) is 13.2 Å². The maximum atomic E-state index is 14.4. The number of hydrogen-bond acceptors (Lipinski definition) is 4. The number of nitrogens with one attached hydrogen (secondary N) is 1. The second-order valence-corrected chi connectivity index (χ2v) is 13.8. The average molecular weight is 625 g/mol. The summed E-state index contributed by atoms with van der Waals surface area (Å²) in [5.74, 6) is 0.269. The summed E-state index contributed by atoms with van der Waals surface area (Å²) in [6, 6.07) is 30.6. The van der Waals surface area contributed by atoms with Crippen LogP contribution in [0, 0.1) is 13.8 Å². The molecule has 236 valence electrons. The standard InChI is InChI=1S/C38H44N2O4S/c1-28-26-34(27-37(44-3)29(28)2)45(42,43)40-35-23-11-10-20-32(35)24-25-36(40)38(41)39-33(21-12-18-30-14-6-4-7-15-30)22-13-19-31-16-8-5-9-17-31/h4-11,14-17,20,23,26-27,33,36H,12-13,18-19,21-22,24-25H2,1-3H3,(H,39,41)/t36-/m0/s1. The highest BCUT2D eigenvalue weighted by atomic mass is 32.2. The molecule has 1 heterocycles. The maximum absolute atomic E-state index is 14.4. The molecule has 0 fully saturated rings. The van der Waals surface area contributed by atoms with Gasteiger partial charge in [0.2, 0.25) is 5.91 Å². The molecule has 0 unspecified atom stereocenters. The van der Waals surface area contributed by atoms with Gasteiger partial charge in [0.25, 0.3) is 10.0 Å². The van der Waals surface area contributed by atoms with Crippen LogP contribution in [0.5, 0.6) is 5.75 Å². The number of nitrogens with zero attached hydrogens (tertiary/aromatic N) is 1. The first kappa shape index (κ1) is 32.3. The van der Waals surface area contributed by atoms with Crippen LogP contribution in [0.1, 0.15) is 59.9 Å². The Morgan fingerprint density at radius 3 is 2.04 bits per heavy atom. The van der Waals surface area contributed by atoms with Crippen LogP contribution in [0.15, 0.2) is 102 Å². The molecule has 1 aliphatic rings. The van der Waals surface area contributed by atoms with Crippen LogP contribution < -0.4 is 14.4 Å². The monoisotopic (exact) mass is 624 g/mol. The van der Waals surface area contributed by atoms with Crippen LogP contribution in [0.25, 0.3) is 0 Å². The molecule has 4 aromatic carbocycles. The number of fused-ring (bicyclic) bond motifs is 1. The van der Waals surface area contributed by atoms with Gasteiger partial charge in [-0.3, -0.25) is 9.10 Å². The Labute approximate surface area is 268 Å². The van der Waals surface area contributed by atoms with E-state index in [1.165, 1.54) is 15.4 Å². The summed E-state index contributed by atoms with van der Waals surface area (Å²) >= 11 is 0. The first-order valence-electron chi connectivity index (χ1n) is 15.9.